The van der Waals surface area contributed by atoms with E-state index >= 15 is 0 Å². The summed E-state index contributed by atoms with van der Waals surface area (Å²) in [7, 11) is 0. The average molecular weight is 280 g/mol. The summed E-state index contributed by atoms with van der Waals surface area (Å²) in [6.07, 6.45) is 0. The van der Waals surface area contributed by atoms with Crippen molar-refractivity contribution >= 4 is 0 Å². The minimum Gasteiger partial charge on any atom is -0.378 e. The molecule has 0 bridgehead atoms. The second-order valence-corrected chi connectivity index (χ2v) is 5.99. The molecule has 2 rings (SSSR count). The van der Waals surface area contributed by atoms with Crippen LogP contribution in [0, 0.1) is 5.82 Å². The molecule has 1 aliphatic heterocycles. The minimum absolute atomic E-state index is 0.0393. The lowest BCUT2D eigenvalue weighted by molar-refractivity contribution is -0.0556. The van der Waals surface area contributed by atoms with Crippen molar-refractivity contribution in [3.63, 3.8) is 0 Å². The van der Waals surface area contributed by atoms with Gasteiger partial charge in [-0.2, -0.15) is 0 Å². The van der Waals surface area contributed by atoms with Crippen LogP contribution in [-0.4, -0.2) is 36.7 Å². The maximum Gasteiger partial charge on any atom is 0.127 e. The fraction of sp³-hybridized carbons (Fsp3) is 0.625. The van der Waals surface area contributed by atoms with E-state index in [1.807, 2.05) is 12.1 Å². The number of nitrogens with one attached hydrogen (secondary N) is 1. The summed E-state index contributed by atoms with van der Waals surface area (Å²) in [5.74, 6) is -0.118. The number of nitrogens with zero attached hydrogens (tertiary/aromatic N) is 1. The third-order valence-electron chi connectivity index (χ3n) is 3.87. The minimum atomic E-state index is -0.118. The van der Waals surface area contributed by atoms with Gasteiger partial charge in [0.15, 0.2) is 0 Å². The number of benzene rings is 1. The Balaban J connectivity index is 2.11. The van der Waals surface area contributed by atoms with Gasteiger partial charge in [0.2, 0.25) is 0 Å². The quantitative estimate of drug-likeness (QED) is 0.897. The molecule has 1 N–H and O–H groups in total. The van der Waals surface area contributed by atoms with Gasteiger partial charge in [-0.25, -0.2) is 4.39 Å². The van der Waals surface area contributed by atoms with E-state index in [4.69, 9.17) is 4.74 Å². The van der Waals surface area contributed by atoms with Gasteiger partial charge < -0.3 is 10.1 Å². The molecule has 20 heavy (non-hydrogen) atoms. The average Bonchev–Trinajstić information content (AvgIpc) is 2.41. The Morgan fingerprint density at radius 2 is 2.20 bits per heavy atom. The van der Waals surface area contributed by atoms with Crippen molar-refractivity contribution in [1.29, 1.82) is 0 Å². The molecule has 0 amide bonds. The molecule has 0 saturated carbocycles. The van der Waals surface area contributed by atoms with Crippen molar-refractivity contribution in [2.45, 2.75) is 39.4 Å². The van der Waals surface area contributed by atoms with E-state index in [0.717, 1.165) is 37.4 Å². The number of morpholine rings is 1. The van der Waals surface area contributed by atoms with Gasteiger partial charge in [0.25, 0.3) is 0 Å². The number of ether oxygens (including phenoxy) is 1. The Kier molecular flexibility index (Phi) is 5.13. The van der Waals surface area contributed by atoms with Crippen LogP contribution in [0.5, 0.6) is 0 Å². The lowest BCUT2D eigenvalue weighted by Crippen LogP contribution is -2.52. The predicted molar refractivity (Wildman–Crippen MR) is 79.1 cm³/mol. The van der Waals surface area contributed by atoms with Gasteiger partial charge in [0.1, 0.15) is 5.82 Å². The van der Waals surface area contributed by atoms with Crippen molar-refractivity contribution in [2.24, 2.45) is 0 Å². The summed E-state index contributed by atoms with van der Waals surface area (Å²) in [5, 5.41) is 3.28. The molecule has 1 saturated heterocycles. The zero-order valence-corrected chi connectivity index (χ0v) is 12.7. The maximum atomic E-state index is 14.0. The molecule has 0 aromatic heterocycles. The lowest BCUT2D eigenvalue weighted by atomic mass is 10.0. The van der Waals surface area contributed by atoms with Crippen LogP contribution in [0.3, 0.4) is 0 Å². The summed E-state index contributed by atoms with van der Waals surface area (Å²) in [4.78, 5) is 2.30. The fourth-order valence-electron chi connectivity index (χ4n) is 2.52. The first-order valence-electron chi connectivity index (χ1n) is 7.34. The molecule has 0 unspecified atom stereocenters. The first kappa shape index (κ1) is 15.4. The van der Waals surface area contributed by atoms with Crippen molar-refractivity contribution in [2.75, 3.05) is 26.3 Å². The van der Waals surface area contributed by atoms with E-state index < -0.39 is 0 Å². The number of halogens is 1. The largest absolute Gasteiger partial charge is 0.378 e. The molecule has 0 radical (unpaired) electrons. The van der Waals surface area contributed by atoms with Crippen molar-refractivity contribution in [3.8, 4) is 0 Å². The molecule has 1 aliphatic rings. The second-order valence-electron chi connectivity index (χ2n) is 5.99. The molecule has 1 aromatic rings. The maximum absolute atomic E-state index is 14.0. The van der Waals surface area contributed by atoms with Crippen molar-refractivity contribution < 1.29 is 9.13 Å². The second kappa shape index (κ2) is 6.66. The molecule has 0 aliphatic carbocycles. The highest BCUT2D eigenvalue weighted by atomic mass is 19.1. The van der Waals surface area contributed by atoms with Crippen LogP contribution in [0.25, 0.3) is 0 Å². The van der Waals surface area contributed by atoms with Gasteiger partial charge in [-0.1, -0.05) is 19.1 Å². The van der Waals surface area contributed by atoms with Crippen LogP contribution in [0.15, 0.2) is 18.2 Å². The standard InChI is InChI=1S/C16H25FN2O/c1-4-18-10-13-5-6-15(17)14(9-13)11-19-7-8-20-12-16(19,2)3/h5-6,9,18H,4,7-8,10-12H2,1-3H3. The van der Waals surface area contributed by atoms with E-state index in [0.29, 0.717) is 13.2 Å². The van der Waals surface area contributed by atoms with Crippen LogP contribution in [0.4, 0.5) is 4.39 Å². The molecule has 112 valence electrons. The van der Waals surface area contributed by atoms with Crippen LogP contribution >= 0.6 is 0 Å². The van der Waals surface area contributed by atoms with Crippen LogP contribution in [-0.2, 0) is 17.8 Å². The first-order chi connectivity index (χ1) is 9.53. The van der Waals surface area contributed by atoms with E-state index in [2.05, 4.69) is 31.0 Å². The topological polar surface area (TPSA) is 24.5 Å². The molecular formula is C16H25FN2O. The molecule has 0 spiro atoms. The van der Waals surface area contributed by atoms with Gasteiger partial charge in [0.05, 0.1) is 13.2 Å². The Bertz CT molecular complexity index is 448. The molecule has 1 fully saturated rings. The van der Waals surface area contributed by atoms with E-state index in [9.17, 15) is 4.39 Å². The Morgan fingerprint density at radius 3 is 2.90 bits per heavy atom. The highest BCUT2D eigenvalue weighted by Gasteiger charge is 2.30. The SMILES string of the molecule is CCNCc1ccc(F)c(CN2CCOCC2(C)C)c1. The van der Waals surface area contributed by atoms with E-state index in [-0.39, 0.29) is 11.4 Å². The van der Waals surface area contributed by atoms with E-state index in [1.165, 1.54) is 0 Å². The molecular weight excluding hydrogens is 255 g/mol. The Morgan fingerprint density at radius 1 is 1.40 bits per heavy atom. The highest BCUT2D eigenvalue weighted by Crippen LogP contribution is 2.23. The third kappa shape index (κ3) is 3.78. The number of hydrogen-bond acceptors (Lipinski definition) is 3. The van der Waals surface area contributed by atoms with Crippen LogP contribution in [0.2, 0.25) is 0 Å². The van der Waals surface area contributed by atoms with Gasteiger partial charge in [-0.05, 0) is 32.0 Å². The monoisotopic (exact) mass is 280 g/mol. The van der Waals surface area contributed by atoms with Gasteiger partial charge >= 0.3 is 0 Å². The molecule has 0 atom stereocenters. The van der Waals surface area contributed by atoms with Crippen LogP contribution < -0.4 is 5.32 Å². The summed E-state index contributed by atoms with van der Waals surface area (Å²) in [6.45, 7) is 11.0. The smallest absolute Gasteiger partial charge is 0.127 e. The molecule has 1 heterocycles. The molecule has 1 aromatic carbocycles. The van der Waals surface area contributed by atoms with Crippen molar-refractivity contribution in [3.05, 3.63) is 35.1 Å². The molecule has 3 nitrogen and oxygen atoms in total. The summed E-state index contributed by atoms with van der Waals surface area (Å²) < 4.78 is 19.5. The zero-order chi connectivity index (χ0) is 14.6. The summed E-state index contributed by atoms with van der Waals surface area (Å²) in [5.41, 5.74) is 1.87. The number of hydrogen-bond donors (Lipinski definition) is 1. The highest BCUT2D eigenvalue weighted by molar-refractivity contribution is 5.25. The predicted octanol–water partition coefficient (Wildman–Crippen LogP) is 2.55. The number of rotatable bonds is 5. The van der Waals surface area contributed by atoms with Gasteiger partial charge in [-0.3, -0.25) is 4.90 Å². The molecule has 4 heteroatoms. The summed E-state index contributed by atoms with van der Waals surface area (Å²) in [6, 6.07) is 5.41. The van der Waals surface area contributed by atoms with Crippen molar-refractivity contribution in [1.82, 2.24) is 10.2 Å². The van der Waals surface area contributed by atoms with Gasteiger partial charge in [0, 0.05) is 30.7 Å². The third-order valence-corrected chi connectivity index (χ3v) is 3.87. The Labute approximate surface area is 121 Å². The van der Waals surface area contributed by atoms with E-state index in [1.54, 1.807) is 6.07 Å². The normalized spacial score (nSPS) is 19.2. The summed E-state index contributed by atoms with van der Waals surface area (Å²) >= 11 is 0. The fourth-order valence-corrected chi connectivity index (χ4v) is 2.52. The lowest BCUT2D eigenvalue weighted by Gasteiger charge is -2.42. The first-order valence-corrected chi connectivity index (χ1v) is 7.34. The van der Waals surface area contributed by atoms with Crippen LogP contribution in [0.1, 0.15) is 31.9 Å². The Hall–Kier alpha value is -0.970. The van der Waals surface area contributed by atoms with Gasteiger partial charge in [-0.15, -0.1) is 0 Å². The zero-order valence-electron chi connectivity index (χ0n) is 12.7.